The van der Waals surface area contributed by atoms with Crippen LogP contribution in [0.25, 0.3) is 0 Å². The maximum atomic E-state index is 13.8. The Morgan fingerprint density at radius 2 is 2.05 bits per heavy atom. The third-order valence-corrected chi connectivity index (χ3v) is 2.83. The van der Waals surface area contributed by atoms with Crippen LogP contribution < -0.4 is 10.1 Å². The molecule has 2 rings (SSSR count). The number of para-hydroxylation sites is 1. The quantitative estimate of drug-likeness (QED) is 0.909. The van der Waals surface area contributed by atoms with Crippen molar-refractivity contribution in [3.8, 4) is 11.8 Å². The number of hydrogen-bond acceptors (Lipinski definition) is 3. The van der Waals surface area contributed by atoms with Crippen LogP contribution >= 0.6 is 0 Å². The van der Waals surface area contributed by atoms with E-state index in [4.69, 9.17) is 10.00 Å². The standard InChI is InChI=1S/C15H13FN2O/c1-10-4-3-5-11(9-17)15(10)18-14-8-12(19-2)6-7-13(14)16/h3-8,18H,1-2H3. The van der Waals surface area contributed by atoms with E-state index in [-0.39, 0.29) is 5.69 Å². The molecule has 0 aliphatic carbocycles. The largest absolute Gasteiger partial charge is 0.497 e. The van der Waals surface area contributed by atoms with Crippen LogP contribution in [-0.2, 0) is 0 Å². The minimum absolute atomic E-state index is 0.283. The van der Waals surface area contributed by atoms with Gasteiger partial charge in [-0.05, 0) is 30.7 Å². The van der Waals surface area contributed by atoms with Crippen molar-refractivity contribution in [2.75, 3.05) is 12.4 Å². The van der Waals surface area contributed by atoms with Crippen molar-refractivity contribution in [3.63, 3.8) is 0 Å². The van der Waals surface area contributed by atoms with Gasteiger partial charge in [0, 0.05) is 6.07 Å². The first-order valence-electron chi connectivity index (χ1n) is 5.76. The van der Waals surface area contributed by atoms with Gasteiger partial charge in [-0.15, -0.1) is 0 Å². The predicted octanol–water partition coefficient (Wildman–Crippen LogP) is 3.76. The lowest BCUT2D eigenvalue weighted by molar-refractivity contribution is 0.414. The fraction of sp³-hybridized carbons (Fsp3) is 0.133. The summed E-state index contributed by atoms with van der Waals surface area (Å²) in [4.78, 5) is 0. The van der Waals surface area contributed by atoms with Crippen LogP contribution in [0.5, 0.6) is 5.75 Å². The average Bonchev–Trinajstić information content (AvgIpc) is 2.43. The summed E-state index contributed by atoms with van der Waals surface area (Å²) < 4.78 is 18.8. The van der Waals surface area contributed by atoms with E-state index < -0.39 is 5.82 Å². The van der Waals surface area contributed by atoms with Gasteiger partial charge in [0.25, 0.3) is 0 Å². The molecule has 0 fully saturated rings. The molecule has 0 aromatic heterocycles. The highest BCUT2D eigenvalue weighted by atomic mass is 19.1. The van der Waals surface area contributed by atoms with Crippen LogP contribution in [-0.4, -0.2) is 7.11 Å². The molecule has 0 atom stereocenters. The van der Waals surface area contributed by atoms with Crippen molar-refractivity contribution >= 4 is 11.4 Å². The van der Waals surface area contributed by atoms with Crippen LogP contribution in [0.2, 0.25) is 0 Å². The SMILES string of the molecule is COc1ccc(F)c(Nc2c(C)cccc2C#N)c1. The summed E-state index contributed by atoms with van der Waals surface area (Å²) >= 11 is 0. The Balaban J connectivity index is 2.44. The monoisotopic (exact) mass is 256 g/mol. The van der Waals surface area contributed by atoms with E-state index in [1.54, 1.807) is 24.3 Å². The van der Waals surface area contributed by atoms with E-state index >= 15 is 0 Å². The van der Waals surface area contributed by atoms with E-state index in [1.807, 2.05) is 13.0 Å². The second kappa shape index (κ2) is 5.40. The van der Waals surface area contributed by atoms with Crippen molar-refractivity contribution in [3.05, 3.63) is 53.3 Å². The van der Waals surface area contributed by atoms with Crippen LogP contribution in [0.4, 0.5) is 15.8 Å². The van der Waals surface area contributed by atoms with Crippen molar-refractivity contribution in [2.45, 2.75) is 6.92 Å². The van der Waals surface area contributed by atoms with Crippen molar-refractivity contribution < 1.29 is 9.13 Å². The molecule has 4 heteroatoms. The summed E-state index contributed by atoms with van der Waals surface area (Å²) in [7, 11) is 1.52. The second-order valence-electron chi connectivity index (χ2n) is 4.08. The van der Waals surface area contributed by atoms with Gasteiger partial charge in [0.2, 0.25) is 0 Å². The van der Waals surface area contributed by atoms with Crippen molar-refractivity contribution in [1.82, 2.24) is 0 Å². The number of methoxy groups -OCH3 is 1. The summed E-state index contributed by atoms with van der Waals surface area (Å²) in [5.41, 5.74) is 2.24. The molecule has 3 nitrogen and oxygen atoms in total. The minimum atomic E-state index is -0.395. The lowest BCUT2D eigenvalue weighted by Crippen LogP contribution is -1.99. The Morgan fingerprint density at radius 1 is 1.26 bits per heavy atom. The number of nitriles is 1. The summed E-state index contributed by atoms with van der Waals surface area (Å²) in [5.74, 6) is 0.156. The fourth-order valence-corrected chi connectivity index (χ4v) is 1.79. The molecule has 0 aliphatic rings. The lowest BCUT2D eigenvalue weighted by Gasteiger charge is -2.13. The van der Waals surface area contributed by atoms with Crippen LogP contribution in [0.15, 0.2) is 36.4 Å². The zero-order valence-corrected chi connectivity index (χ0v) is 10.7. The average molecular weight is 256 g/mol. The van der Waals surface area contributed by atoms with Crippen LogP contribution in [0.3, 0.4) is 0 Å². The zero-order valence-electron chi connectivity index (χ0n) is 10.7. The molecule has 0 saturated heterocycles. The molecular weight excluding hydrogens is 243 g/mol. The molecule has 0 radical (unpaired) electrons. The molecule has 2 aromatic rings. The summed E-state index contributed by atoms with van der Waals surface area (Å²) in [6.45, 7) is 1.86. The number of hydrogen-bond donors (Lipinski definition) is 1. The Kier molecular flexibility index (Phi) is 3.67. The van der Waals surface area contributed by atoms with Gasteiger partial charge in [-0.25, -0.2) is 4.39 Å². The summed E-state index contributed by atoms with van der Waals surface area (Å²) in [6, 6.07) is 11.9. The molecule has 0 bridgehead atoms. The fourth-order valence-electron chi connectivity index (χ4n) is 1.79. The number of nitrogens with zero attached hydrogens (tertiary/aromatic N) is 1. The number of halogens is 1. The highest BCUT2D eigenvalue weighted by Crippen LogP contribution is 2.28. The van der Waals surface area contributed by atoms with Gasteiger partial charge in [0.15, 0.2) is 0 Å². The van der Waals surface area contributed by atoms with E-state index in [1.165, 1.54) is 13.2 Å². The number of anilines is 2. The van der Waals surface area contributed by atoms with Gasteiger partial charge in [-0.3, -0.25) is 0 Å². The maximum absolute atomic E-state index is 13.8. The number of rotatable bonds is 3. The first-order valence-corrected chi connectivity index (χ1v) is 5.76. The molecule has 0 unspecified atom stereocenters. The molecule has 0 aliphatic heterocycles. The highest BCUT2D eigenvalue weighted by Gasteiger charge is 2.09. The molecule has 96 valence electrons. The first kappa shape index (κ1) is 12.9. The molecule has 0 spiro atoms. The minimum Gasteiger partial charge on any atom is -0.497 e. The molecule has 0 heterocycles. The number of nitrogens with one attached hydrogen (secondary N) is 1. The van der Waals surface area contributed by atoms with Gasteiger partial charge in [-0.2, -0.15) is 5.26 Å². The van der Waals surface area contributed by atoms with Crippen molar-refractivity contribution in [1.29, 1.82) is 5.26 Å². The Morgan fingerprint density at radius 3 is 2.74 bits per heavy atom. The van der Waals surface area contributed by atoms with Gasteiger partial charge < -0.3 is 10.1 Å². The van der Waals surface area contributed by atoms with E-state index in [0.717, 1.165) is 5.56 Å². The van der Waals surface area contributed by atoms with Gasteiger partial charge >= 0.3 is 0 Å². The number of aryl methyl sites for hydroxylation is 1. The normalized spacial score (nSPS) is 9.79. The van der Waals surface area contributed by atoms with E-state index in [9.17, 15) is 4.39 Å². The smallest absolute Gasteiger partial charge is 0.146 e. The van der Waals surface area contributed by atoms with E-state index in [0.29, 0.717) is 17.0 Å². The van der Waals surface area contributed by atoms with Crippen molar-refractivity contribution in [2.24, 2.45) is 0 Å². The van der Waals surface area contributed by atoms with Gasteiger partial charge in [0.05, 0.1) is 24.0 Å². The van der Waals surface area contributed by atoms with Crippen LogP contribution in [0, 0.1) is 24.1 Å². The van der Waals surface area contributed by atoms with Crippen LogP contribution in [0.1, 0.15) is 11.1 Å². The highest BCUT2D eigenvalue weighted by molar-refractivity contribution is 5.70. The zero-order chi connectivity index (χ0) is 13.8. The van der Waals surface area contributed by atoms with Gasteiger partial charge in [0.1, 0.15) is 17.6 Å². The molecule has 0 saturated carbocycles. The van der Waals surface area contributed by atoms with Gasteiger partial charge in [-0.1, -0.05) is 12.1 Å². The molecule has 0 amide bonds. The number of benzene rings is 2. The Bertz CT molecular complexity index is 647. The Hall–Kier alpha value is -2.54. The first-order chi connectivity index (χ1) is 9.15. The maximum Gasteiger partial charge on any atom is 0.146 e. The molecule has 2 aromatic carbocycles. The Labute approximate surface area is 111 Å². The molecule has 1 N–H and O–H groups in total. The summed E-state index contributed by atoms with van der Waals surface area (Å²) in [5, 5.41) is 12.0. The molecular formula is C15H13FN2O. The summed E-state index contributed by atoms with van der Waals surface area (Å²) in [6.07, 6.45) is 0. The topological polar surface area (TPSA) is 45.0 Å². The number of ether oxygens (including phenoxy) is 1. The lowest BCUT2D eigenvalue weighted by atomic mass is 10.1. The third kappa shape index (κ3) is 2.66. The molecule has 19 heavy (non-hydrogen) atoms. The predicted molar refractivity (Wildman–Crippen MR) is 72.1 cm³/mol. The second-order valence-corrected chi connectivity index (χ2v) is 4.08. The van der Waals surface area contributed by atoms with E-state index in [2.05, 4.69) is 11.4 Å². The third-order valence-electron chi connectivity index (χ3n) is 2.83.